The van der Waals surface area contributed by atoms with Gasteiger partial charge in [0.1, 0.15) is 0 Å². The van der Waals surface area contributed by atoms with Crippen molar-refractivity contribution in [1.82, 2.24) is 4.98 Å². The molecule has 0 saturated carbocycles. The quantitative estimate of drug-likeness (QED) is 0.927. The van der Waals surface area contributed by atoms with Gasteiger partial charge in [-0.25, -0.2) is 4.98 Å². The second-order valence-electron chi connectivity index (χ2n) is 5.56. The Morgan fingerprint density at radius 2 is 2.14 bits per heavy atom. The van der Waals surface area contributed by atoms with Gasteiger partial charge in [-0.3, -0.25) is 0 Å². The molecule has 0 atom stereocenters. The van der Waals surface area contributed by atoms with Gasteiger partial charge < -0.3 is 10.6 Å². The number of aryl methyl sites for hydroxylation is 2. The molecule has 3 rings (SSSR count). The lowest BCUT2D eigenvalue weighted by atomic mass is 10.1. The topological polar surface area (TPSA) is 42.2 Å². The first-order valence-electron chi connectivity index (χ1n) is 7.87. The van der Waals surface area contributed by atoms with Crippen LogP contribution in [0.15, 0.2) is 24.3 Å². The maximum Gasteiger partial charge on any atom is 0.190 e. The van der Waals surface area contributed by atoms with Gasteiger partial charge in [-0.1, -0.05) is 42.9 Å². The van der Waals surface area contributed by atoms with Gasteiger partial charge in [-0.05, 0) is 37.3 Å². The van der Waals surface area contributed by atoms with E-state index in [0.29, 0.717) is 6.54 Å². The van der Waals surface area contributed by atoms with E-state index < -0.39 is 0 Å². The minimum absolute atomic E-state index is 0.600. The van der Waals surface area contributed by atoms with Crippen molar-refractivity contribution >= 4 is 22.2 Å². The predicted molar refractivity (Wildman–Crippen MR) is 90.4 cm³/mol. The number of rotatable bonds is 4. The number of fused-ring (bicyclic) bond motifs is 1. The standard InChI is InChI=1S/C17H23N3S/c1-2-7-14-16(12-18)21-17(19-14)20-11-6-5-9-13-8-3-4-10-15(13)20/h3-4,8,10H,2,5-7,9,11-12,18H2,1H3. The van der Waals surface area contributed by atoms with Crippen LogP contribution >= 0.6 is 11.3 Å². The minimum atomic E-state index is 0.600. The zero-order valence-corrected chi connectivity index (χ0v) is 13.5. The van der Waals surface area contributed by atoms with Crippen LogP contribution in [0, 0.1) is 0 Å². The summed E-state index contributed by atoms with van der Waals surface area (Å²) >= 11 is 1.77. The molecule has 1 aromatic heterocycles. The van der Waals surface area contributed by atoms with Gasteiger partial charge in [-0.15, -0.1) is 0 Å². The molecular weight excluding hydrogens is 278 g/mol. The Morgan fingerprint density at radius 3 is 2.95 bits per heavy atom. The molecule has 0 aliphatic carbocycles. The molecule has 1 aromatic carbocycles. The molecule has 3 nitrogen and oxygen atoms in total. The van der Waals surface area contributed by atoms with Gasteiger partial charge in [-0.2, -0.15) is 0 Å². The van der Waals surface area contributed by atoms with E-state index in [9.17, 15) is 0 Å². The fraction of sp³-hybridized carbons (Fsp3) is 0.471. The molecule has 4 heteroatoms. The minimum Gasteiger partial charge on any atom is -0.326 e. The Labute approximate surface area is 130 Å². The van der Waals surface area contributed by atoms with Crippen LogP contribution in [0.3, 0.4) is 0 Å². The monoisotopic (exact) mass is 301 g/mol. The number of anilines is 2. The summed E-state index contributed by atoms with van der Waals surface area (Å²) in [7, 11) is 0. The Bertz CT molecular complexity index is 606. The van der Waals surface area contributed by atoms with Crippen LogP contribution in [0.2, 0.25) is 0 Å². The van der Waals surface area contributed by atoms with E-state index in [1.165, 1.54) is 41.1 Å². The lowest BCUT2D eigenvalue weighted by Gasteiger charge is -2.21. The fourth-order valence-electron chi connectivity index (χ4n) is 2.97. The van der Waals surface area contributed by atoms with Crippen LogP contribution in [-0.4, -0.2) is 11.5 Å². The average molecular weight is 301 g/mol. The molecule has 0 bridgehead atoms. The zero-order valence-electron chi connectivity index (χ0n) is 12.6. The molecule has 2 heterocycles. The highest BCUT2D eigenvalue weighted by Crippen LogP contribution is 2.36. The number of aromatic nitrogens is 1. The van der Waals surface area contributed by atoms with Crippen LogP contribution < -0.4 is 10.6 Å². The molecule has 2 aromatic rings. The molecule has 112 valence electrons. The third-order valence-corrected chi connectivity index (χ3v) is 5.17. The van der Waals surface area contributed by atoms with Crippen molar-refractivity contribution in [2.24, 2.45) is 5.73 Å². The second kappa shape index (κ2) is 6.58. The first-order valence-corrected chi connectivity index (χ1v) is 8.69. The van der Waals surface area contributed by atoms with Gasteiger partial charge in [0, 0.05) is 23.7 Å². The number of hydrogen-bond acceptors (Lipinski definition) is 4. The summed E-state index contributed by atoms with van der Waals surface area (Å²) in [5, 5.41) is 1.12. The van der Waals surface area contributed by atoms with E-state index in [0.717, 1.165) is 24.5 Å². The highest BCUT2D eigenvalue weighted by molar-refractivity contribution is 7.15. The summed E-state index contributed by atoms with van der Waals surface area (Å²) in [6.07, 6.45) is 5.79. The van der Waals surface area contributed by atoms with Crippen molar-refractivity contribution in [1.29, 1.82) is 0 Å². The van der Waals surface area contributed by atoms with Gasteiger partial charge in [0.15, 0.2) is 5.13 Å². The fourth-order valence-corrected chi connectivity index (χ4v) is 3.99. The summed E-state index contributed by atoms with van der Waals surface area (Å²) in [5.41, 5.74) is 9.87. The molecule has 2 N–H and O–H groups in total. The van der Waals surface area contributed by atoms with Crippen molar-refractivity contribution in [3.8, 4) is 0 Å². The number of para-hydroxylation sites is 1. The molecule has 0 spiro atoms. The Hall–Kier alpha value is -1.39. The molecule has 0 saturated heterocycles. The summed E-state index contributed by atoms with van der Waals surface area (Å²) in [6, 6.07) is 8.74. The highest BCUT2D eigenvalue weighted by Gasteiger charge is 2.20. The van der Waals surface area contributed by atoms with E-state index in [2.05, 4.69) is 36.1 Å². The molecule has 1 aliphatic heterocycles. The largest absolute Gasteiger partial charge is 0.326 e. The predicted octanol–water partition coefficient (Wildman–Crippen LogP) is 4.03. The zero-order chi connectivity index (χ0) is 14.7. The molecule has 0 amide bonds. The van der Waals surface area contributed by atoms with Crippen LogP contribution in [0.25, 0.3) is 0 Å². The first kappa shape index (κ1) is 14.5. The normalized spacial score (nSPS) is 14.9. The second-order valence-corrected chi connectivity index (χ2v) is 6.62. The third kappa shape index (κ3) is 2.97. The van der Waals surface area contributed by atoms with Gasteiger partial charge in [0.05, 0.1) is 5.69 Å². The van der Waals surface area contributed by atoms with Crippen LogP contribution in [0.5, 0.6) is 0 Å². The molecular formula is C17H23N3S. The van der Waals surface area contributed by atoms with E-state index >= 15 is 0 Å². The smallest absolute Gasteiger partial charge is 0.190 e. The van der Waals surface area contributed by atoms with Crippen LogP contribution in [0.1, 0.15) is 42.3 Å². The Kier molecular flexibility index (Phi) is 4.56. The summed E-state index contributed by atoms with van der Waals surface area (Å²) < 4.78 is 0. The Balaban J connectivity index is 1.99. The van der Waals surface area contributed by atoms with Crippen LogP contribution in [-0.2, 0) is 19.4 Å². The lowest BCUT2D eigenvalue weighted by Crippen LogP contribution is -2.17. The number of nitrogens with zero attached hydrogens (tertiary/aromatic N) is 2. The summed E-state index contributed by atoms with van der Waals surface area (Å²) in [4.78, 5) is 8.54. The van der Waals surface area contributed by atoms with Gasteiger partial charge in [0.25, 0.3) is 0 Å². The van der Waals surface area contributed by atoms with E-state index in [-0.39, 0.29) is 0 Å². The Morgan fingerprint density at radius 1 is 1.29 bits per heavy atom. The van der Waals surface area contributed by atoms with Gasteiger partial charge >= 0.3 is 0 Å². The van der Waals surface area contributed by atoms with Crippen molar-refractivity contribution in [2.45, 2.75) is 45.6 Å². The first-order chi connectivity index (χ1) is 10.3. The van der Waals surface area contributed by atoms with Crippen molar-refractivity contribution < 1.29 is 0 Å². The summed E-state index contributed by atoms with van der Waals surface area (Å²) in [6.45, 7) is 3.85. The SMILES string of the molecule is CCCc1nc(N2CCCCc3ccccc32)sc1CN. The molecule has 1 aliphatic rings. The van der Waals surface area contributed by atoms with E-state index in [1.54, 1.807) is 11.3 Å². The van der Waals surface area contributed by atoms with E-state index in [4.69, 9.17) is 10.7 Å². The molecule has 21 heavy (non-hydrogen) atoms. The maximum absolute atomic E-state index is 5.90. The number of thiazole rings is 1. The number of hydrogen-bond donors (Lipinski definition) is 1. The molecule has 0 fully saturated rings. The van der Waals surface area contributed by atoms with Crippen LogP contribution in [0.4, 0.5) is 10.8 Å². The summed E-state index contributed by atoms with van der Waals surface area (Å²) in [5.74, 6) is 0. The van der Waals surface area contributed by atoms with Gasteiger partial charge in [0.2, 0.25) is 0 Å². The number of nitrogens with two attached hydrogens (primary N) is 1. The number of benzene rings is 1. The highest BCUT2D eigenvalue weighted by atomic mass is 32.1. The lowest BCUT2D eigenvalue weighted by molar-refractivity contribution is 0.759. The average Bonchev–Trinajstić information content (AvgIpc) is 2.78. The van der Waals surface area contributed by atoms with E-state index in [1.807, 2.05) is 0 Å². The molecule has 0 radical (unpaired) electrons. The van der Waals surface area contributed by atoms with Crippen molar-refractivity contribution in [3.63, 3.8) is 0 Å². The maximum atomic E-state index is 5.90. The third-order valence-electron chi connectivity index (χ3n) is 4.03. The molecule has 0 unspecified atom stereocenters. The van der Waals surface area contributed by atoms with Crippen molar-refractivity contribution in [2.75, 3.05) is 11.4 Å². The van der Waals surface area contributed by atoms with Crippen molar-refractivity contribution in [3.05, 3.63) is 40.4 Å².